The third-order valence-electron chi connectivity index (χ3n) is 9.17. The van der Waals surface area contributed by atoms with E-state index >= 15 is 0 Å². The third kappa shape index (κ3) is 7.38. The predicted molar refractivity (Wildman–Crippen MR) is 189 cm³/mol. The molecule has 3 aliphatic rings. The number of hydrogen-bond acceptors (Lipinski definition) is 11. The first kappa shape index (κ1) is 35.1. The Morgan fingerprint density at radius 3 is 2.29 bits per heavy atom. The minimum absolute atomic E-state index is 0.0147. The molecule has 0 unspecified atom stereocenters. The van der Waals surface area contributed by atoms with Crippen LogP contribution in [0, 0.1) is 0 Å². The zero-order valence-corrected chi connectivity index (χ0v) is 30.5. The maximum absolute atomic E-state index is 13.4. The second kappa shape index (κ2) is 13.0. The van der Waals surface area contributed by atoms with Gasteiger partial charge in [0.2, 0.25) is 0 Å². The lowest BCUT2D eigenvalue weighted by Crippen LogP contribution is -2.44. The van der Waals surface area contributed by atoms with E-state index in [1.807, 2.05) is 32.2 Å². The summed E-state index contributed by atoms with van der Waals surface area (Å²) in [6, 6.07) is 9.93. The highest BCUT2D eigenvalue weighted by Crippen LogP contribution is 2.45. The summed E-state index contributed by atoms with van der Waals surface area (Å²) in [5.41, 5.74) is 0.832. The standard InChI is InChI=1S/C38H47N5O8/c1-36(2,3)50-34(44)43(35(45)51-37(4,5)6)32-26-15-16-42(31(26)40-21-41-32)33-30-29(48-38(7,8)49-30)28(47-33)20-46-25-14-13-23-17-24(19-39-27(23)18-25)22-11-9-10-12-22/h13-19,21-22,28-30,33H,9-12,20H2,1-8H3/t28-,29-,30-,33-/m1/s1. The van der Waals surface area contributed by atoms with E-state index in [-0.39, 0.29) is 12.4 Å². The van der Waals surface area contributed by atoms with Crippen LogP contribution in [-0.4, -0.2) is 73.6 Å². The molecule has 0 bridgehead atoms. The van der Waals surface area contributed by atoms with Gasteiger partial charge in [-0.05, 0) is 104 Å². The number of hydrogen-bond donors (Lipinski definition) is 0. The van der Waals surface area contributed by atoms with Crippen molar-refractivity contribution >= 4 is 39.9 Å². The van der Waals surface area contributed by atoms with Crippen LogP contribution in [0.3, 0.4) is 0 Å². The van der Waals surface area contributed by atoms with Crippen LogP contribution >= 0.6 is 0 Å². The van der Waals surface area contributed by atoms with Crippen molar-refractivity contribution in [1.82, 2.24) is 19.5 Å². The maximum atomic E-state index is 13.4. The van der Waals surface area contributed by atoms with Crippen molar-refractivity contribution in [3.05, 3.63) is 54.6 Å². The van der Waals surface area contributed by atoms with Crippen molar-refractivity contribution in [2.24, 2.45) is 0 Å². The molecule has 0 spiro atoms. The fraction of sp³-hybridized carbons (Fsp3) is 0.553. The number of carbonyl (C=O) groups is 2. The number of rotatable bonds is 6. The van der Waals surface area contributed by atoms with Gasteiger partial charge in [0.05, 0.1) is 10.9 Å². The summed E-state index contributed by atoms with van der Waals surface area (Å²) in [5.74, 6) is 0.423. The van der Waals surface area contributed by atoms with E-state index in [0.717, 1.165) is 15.8 Å². The molecule has 272 valence electrons. The third-order valence-corrected chi connectivity index (χ3v) is 9.17. The first-order chi connectivity index (χ1) is 24.1. The molecule has 13 heteroatoms. The van der Waals surface area contributed by atoms with E-state index in [0.29, 0.717) is 22.7 Å². The van der Waals surface area contributed by atoms with Crippen molar-refractivity contribution in [3.8, 4) is 5.75 Å². The Morgan fingerprint density at radius 1 is 0.922 bits per heavy atom. The van der Waals surface area contributed by atoms with Crippen LogP contribution < -0.4 is 9.64 Å². The summed E-state index contributed by atoms with van der Waals surface area (Å²) in [5, 5.41) is 1.50. The zero-order valence-electron chi connectivity index (χ0n) is 30.5. The molecule has 13 nitrogen and oxygen atoms in total. The number of carbonyl (C=O) groups excluding carboxylic acids is 2. The van der Waals surface area contributed by atoms with Crippen LogP contribution in [0.1, 0.15) is 98.8 Å². The maximum Gasteiger partial charge on any atom is 0.425 e. The van der Waals surface area contributed by atoms with E-state index < -0.39 is 53.7 Å². The fourth-order valence-electron chi connectivity index (χ4n) is 7.09. The molecule has 0 N–H and O–H groups in total. The van der Waals surface area contributed by atoms with Gasteiger partial charge in [-0.1, -0.05) is 12.8 Å². The summed E-state index contributed by atoms with van der Waals surface area (Å²) in [6.45, 7) is 14.2. The van der Waals surface area contributed by atoms with E-state index in [2.05, 4.69) is 22.1 Å². The van der Waals surface area contributed by atoms with Crippen LogP contribution in [0.4, 0.5) is 15.4 Å². The zero-order chi connectivity index (χ0) is 36.3. The number of amides is 2. The minimum Gasteiger partial charge on any atom is -0.491 e. The van der Waals surface area contributed by atoms with Gasteiger partial charge < -0.3 is 33.0 Å². The Morgan fingerprint density at radius 2 is 1.61 bits per heavy atom. The monoisotopic (exact) mass is 701 g/mol. The van der Waals surface area contributed by atoms with Crippen molar-refractivity contribution in [3.63, 3.8) is 0 Å². The molecule has 3 fully saturated rings. The number of benzene rings is 1. The number of fused-ring (bicyclic) bond motifs is 3. The summed E-state index contributed by atoms with van der Waals surface area (Å²) in [7, 11) is 0. The molecule has 1 saturated carbocycles. The molecular weight excluding hydrogens is 654 g/mol. The van der Waals surface area contributed by atoms with Crippen molar-refractivity contribution in [2.45, 2.75) is 129 Å². The summed E-state index contributed by atoms with van der Waals surface area (Å²) in [6.07, 6.45) is 6.09. The average molecular weight is 702 g/mol. The topological polar surface area (TPSA) is 136 Å². The predicted octanol–water partition coefficient (Wildman–Crippen LogP) is 7.81. The molecule has 3 aromatic heterocycles. The molecule has 2 saturated heterocycles. The minimum atomic E-state index is -0.925. The molecular formula is C38H47N5O8. The highest BCUT2D eigenvalue weighted by Gasteiger charge is 2.56. The second-order valence-electron chi connectivity index (χ2n) is 16.0. The van der Waals surface area contributed by atoms with E-state index in [4.69, 9.17) is 33.4 Å². The second-order valence-corrected chi connectivity index (χ2v) is 16.0. The van der Waals surface area contributed by atoms with Gasteiger partial charge in [-0.3, -0.25) is 4.98 Å². The normalized spacial score (nSPS) is 23.5. The summed E-state index contributed by atoms with van der Waals surface area (Å²) < 4.78 is 38.6. The molecule has 1 aliphatic carbocycles. The number of nitrogens with zero attached hydrogens (tertiary/aromatic N) is 5. The number of imide groups is 1. The van der Waals surface area contributed by atoms with Crippen LogP contribution in [0.25, 0.3) is 21.9 Å². The lowest BCUT2D eigenvalue weighted by Gasteiger charge is -2.28. The van der Waals surface area contributed by atoms with Gasteiger partial charge in [0.15, 0.2) is 17.8 Å². The highest BCUT2D eigenvalue weighted by molar-refractivity contribution is 6.13. The summed E-state index contributed by atoms with van der Waals surface area (Å²) >= 11 is 0. The largest absolute Gasteiger partial charge is 0.491 e. The van der Waals surface area contributed by atoms with E-state index in [9.17, 15) is 9.59 Å². The van der Waals surface area contributed by atoms with Crippen molar-refractivity contribution in [2.75, 3.05) is 11.5 Å². The van der Waals surface area contributed by atoms with Crippen LogP contribution in [0.15, 0.2) is 49.1 Å². The van der Waals surface area contributed by atoms with Crippen LogP contribution in [0.2, 0.25) is 0 Å². The lowest BCUT2D eigenvalue weighted by atomic mass is 9.98. The Hall–Kier alpha value is -4.33. The van der Waals surface area contributed by atoms with Gasteiger partial charge in [0.1, 0.15) is 53.8 Å². The number of pyridine rings is 1. The van der Waals surface area contributed by atoms with Gasteiger partial charge in [-0.2, -0.15) is 4.90 Å². The Balaban J connectivity index is 1.14. The number of aromatic nitrogens is 4. The lowest BCUT2D eigenvalue weighted by molar-refractivity contribution is -0.198. The van der Waals surface area contributed by atoms with Crippen LogP contribution in [0.5, 0.6) is 5.75 Å². The molecule has 2 amide bonds. The Labute approximate surface area is 297 Å². The van der Waals surface area contributed by atoms with Crippen LogP contribution in [-0.2, 0) is 23.7 Å². The van der Waals surface area contributed by atoms with E-state index in [1.165, 1.54) is 37.6 Å². The fourth-order valence-corrected chi connectivity index (χ4v) is 7.09. The first-order valence-electron chi connectivity index (χ1n) is 17.7. The van der Waals surface area contributed by atoms with Gasteiger partial charge >= 0.3 is 12.2 Å². The molecule has 5 heterocycles. The molecule has 4 atom stereocenters. The molecule has 51 heavy (non-hydrogen) atoms. The van der Waals surface area contributed by atoms with Crippen molar-refractivity contribution < 1.29 is 38.0 Å². The number of anilines is 1. The van der Waals surface area contributed by atoms with Gasteiger partial charge in [-0.15, -0.1) is 0 Å². The highest BCUT2D eigenvalue weighted by atomic mass is 16.8. The molecule has 4 aromatic rings. The Kier molecular flexibility index (Phi) is 8.96. The average Bonchev–Trinajstić information content (AvgIpc) is 3.83. The van der Waals surface area contributed by atoms with Gasteiger partial charge in [-0.25, -0.2) is 19.6 Å². The molecule has 7 rings (SSSR count). The van der Waals surface area contributed by atoms with E-state index in [1.54, 1.807) is 58.4 Å². The van der Waals surface area contributed by atoms with Gasteiger partial charge in [0, 0.05) is 23.8 Å². The van der Waals surface area contributed by atoms with Crippen molar-refractivity contribution in [1.29, 1.82) is 0 Å². The molecule has 2 aliphatic heterocycles. The first-order valence-corrected chi connectivity index (χ1v) is 17.7. The SMILES string of the molecule is CC(C)(C)OC(=O)N(C(=O)OC(C)(C)C)c1ncnc2c1ccn2[C@@H]1O[C@H](COc2ccc3cc(C4CCCC4)cnc3c2)[C@H]2OC(C)(C)O[C@H]21. The summed E-state index contributed by atoms with van der Waals surface area (Å²) in [4.78, 5) is 41.3. The quantitative estimate of drug-likeness (QED) is 0.195. The van der Waals surface area contributed by atoms with Gasteiger partial charge in [0.25, 0.3) is 0 Å². The molecule has 1 aromatic carbocycles. The molecule has 0 radical (unpaired) electrons. The Bertz CT molecular complexity index is 1910. The smallest absolute Gasteiger partial charge is 0.425 e. The number of ether oxygens (including phenoxy) is 6.